The monoisotopic (exact) mass is 376 g/mol. The maximum absolute atomic E-state index is 11.0. The van der Waals surface area contributed by atoms with E-state index in [1.54, 1.807) is 0 Å². The van der Waals surface area contributed by atoms with Crippen LogP contribution in [0.3, 0.4) is 0 Å². The number of benzene rings is 1. The number of anilines is 1. The second-order valence-electron chi connectivity index (χ2n) is 6.52. The average Bonchev–Trinajstić information content (AvgIpc) is 2.52. The number of amides is 1. The molecular weight excluding hydrogens is 360 g/mol. The van der Waals surface area contributed by atoms with E-state index in [4.69, 9.17) is 5.11 Å². The Hall–Kier alpha value is -1.89. The fourth-order valence-corrected chi connectivity index (χ4v) is 4.05. The molecule has 2 aromatic rings. The summed E-state index contributed by atoms with van der Waals surface area (Å²) in [4.78, 5) is 14.9. The molecule has 2 fully saturated rings. The normalized spacial score (nSPS) is 19.9. The summed E-state index contributed by atoms with van der Waals surface area (Å²) in [5, 5.41) is 18.5. The zero-order valence-electron chi connectivity index (χ0n) is 12.6. The summed E-state index contributed by atoms with van der Waals surface area (Å²) in [5.74, 6) is 0. The van der Waals surface area contributed by atoms with Crippen molar-refractivity contribution >= 4 is 38.6 Å². The molecule has 1 spiro atoms. The number of carbonyl (C=O) groups is 1. The lowest BCUT2D eigenvalue weighted by Crippen LogP contribution is -2.61. The summed E-state index contributed by atoms with van der Waals surface area (Å²) < 4.78 is 1.03. The molecule has 4 rings (SSSR count). The van der Waals surface area contributed by atoms with Gasteiger partial charge in [-0.2, -0.15) is 10.2 Å². The van der Waals surface area contributed by atoms with Crippen molar-refractivity contribution in [3.63, 3.8) is 0 Å². The van der Waals surface area contributed by atoms with E-state index in [2.05, 4.69) is 37.1 Å². The predicted octanol–water partition coefficient (Wildman–Crippen LogP) is 2.97. The molecule has 0 unspecified atom stereocenters. The van der Waals surface area contributed by atoms with E-state index < -0.39 is 6.09 Å². The molecule has 1 amide bonds. The van der Waals surface area contributed by atoms with Gasteiger partial charge >= 0.3 is 6.09 Å². The van der Waals surface area contributed by atoms with E-state index in [-0.39, 0.29) is 5.41 Å². The molecule has 1 aromatic carbocycles. The molecule has 0 bridgehead atoms. The Morgan fingerprint density at radius 2 is 2.00 bits per heavy atom. The van der Waals surface area contributed by atoms with E-state index in [0.717, 1.165) is 47.0 Å². The van der Waals surface area contributed by atoms with Gasteiger partial charge in [0.2, 0.25) is 0 Å². The van der Waals surface area contributed by atoms with Crippen LogP contribution in [-0.2, 0) is 0 Å². The van der Waals surface area contributed by atoms with Gasteiger partial charge in [-0.05, 0) is 31.0 Å². The second kappa shape index (κ2) is 5.33. The minimum Gasteiger partial charge on any atom is -0.465 e. The Morgan fingerprint density at radius 1 is 1.26 bits per heavy atom. The van der Waals surface area contributed by atoms with Crippen molar-refractivity contribution in [2.75, 3.05) is 31.1 Å². The van der Waals surface area contributed by atoms with Gasteiger partial charge in [-0.3, -0.25) is 0 Å². The summed E-state index contributed by atoms with van der Waals surface area (Å²) >= 11 is 3.52. The highest BCUT2D eigenvalue weighted by Gasteiger charge is 2.46. The number of hydrogen-bond donors (Lipinski definition) is 1. The van der Waals surface area contributed by atoms with E-state index >= 15 is 0 Å². The third kappa shape index (κ3) is 2.52. The first-order valence-electron chi connectivity index (χ1n) is 7.70. The first-order valence-corrected chi connectivity index (χ1v) is 8.49. The molecule has 0 radical (unpaired) electrons. The van der Waals surface area contributed by atoms with Gasteiger partial charge in [0.25, 0.3) is 0 Å². The number of rotatable bonds is 1. The SMILES string of the molecule is O=C(O)N1CCC2(CC1)CN(c1cnnc3ccc(Br)cc13)C2. The highest BCUT2D eigenvalue weighted by atomic mass is 79.9. The number of fused-ring (bicyclic) bond motifs is 1. The second-order valence-corrected chi connectivity index (χ2v) is 7.43. The van der Waals surface area contributed by atoms with Crippen molar-refractivity contribution in [2.45, 2.75) is 12.8 Å². The number of piperidine rings is 1. The molecule has 6 nitrogen and oxygen atoms in total. The molecule has 2 aliphatic heterocycles. The maximum atomic E-state index is 11.0. The van der Waals surface area contributed by atoms with Gasteiger partial charge in [0.15, 0.2) is 0 Å². The Balaban J connectivity index is 1.53. The van der Waals surface area contributed by atoms with Crippen LogP contribution in [-0.4, -0.2) is 52.5 Å². The van der Waals surface area contributed by atoms with Crippen LogP contribution >= 0.6 is 15.9 Å². The number of halogens is 1. The summed E-state index contributed by atoms with van der Waals surface area (Å²) in [6.07, 6.45) is 2.91. The largest absolute Gasteiger partial charge is 0.465 e. The van der Waals surface area contributed by atoms with Crippen molar-refractivity contribution in [3.05, 3.63) is 28.9 Å². The van der Waals surface area contributed by atoms with Crippen LogP contribution in [0.4, 0.5) is 10.5 Å². The number of likely N-dealkylation sites (tertiary alicyclic amines) is 1. The van der Waals surface area contributed by atoms with E-state index in [1.807, 2.05) is 18.3 Å². The molecule has 7 heteroatoms. The van der Waals surface area contributed by atoms with Gasteiger partial charge in [0, 0.05) is 41.5 Å². The lowest BCUT2D eigenvalue weighted by molar-refractivity contribution is 0.0711. The Labute approximate surface area is 142 Å². The van der Waals surface area contributed by atoms with Crippen molar-refractivity contribution < 1.29 is 9.90 Å². The zero-order chi connectivity index (χ0) is 16.0. The topological polar surface area (TPSA) is 69.6 Å². The summed E-state index contributed by atoms with van der Waals surface area (Å²) in [6, 6.07) is 6.02. The fraction of sp³-hybridized carbons (Fsp3) is 0.438. The predicted molar refractivity (Wildman–Crippen MR) is 90.7 cm³/mol. The third-order valence-electron chi connectivity index (χ3n) is 5.07. The first-order chi connectivity index (χ1) is 11.1. The summed E-state index contributed by atoms with van der Waals surface area (Å²) in [6.45, 7) is 3.22. The van der Waals surface area contributed by atoms with Crippen LogP contribution in [0.2, 0.25) is 0 Å². The van der Waals surface area contributed by atoms with Crippen molar-refractivity contribution in [1.82, 2.24) is 15.1 Å². The van der Waals surface area contributed by atoms with Gasteiger partial charge in [-0.25, -0.2) is 4.79 Å². The van der Waals surface area contributed by atoms with Gasteiger partial charge in [0.1, 0.15) is 0 Å². The quantitative estimate of drug-likeness (QED) is 0.828. The molecule has 1 aromatic heterocycles. The number of hydrogen-bond acceptors (Lipinski definition) is 4. The van der Waals surface area contributed by atoms with Crippen LogP contribution in [0.5, 0.6) is 0 Å². The number of aromatic nitrogens is 2. The number of nitrogens with zero attached hydrogens (tertiary/aromatic N) is 4. The van der Waals surface area contributed by atoms with Crippen LogP contribution in [0.25, 0.3) is 10.9 Å². The lowest BCUT2D eigenvalue weighted by Gasteiger charge is -2.54. The zero-order valence-corrected chi connectivity index (χ0v) is 14.2. The molecule has 3 heterocycles. The molecular formula is C16H17BrN4O2. The molecule has 120 valence electrons. The van der Waals surface area contributed by atoms with Gasteiger partial charge in [-0.1, -0.05) is 15.9 Å². The molecule has 1 N–H and O–H groups in total. The third-order valence-corrected chi connectivity index (χ3v) is 5.56. The highest BCUT2D eigenvalue weighted by Crippen LogP contribution is 2.44. The molecule has 0 saturated carbocycles. The molecule has 2 aliphatic rings. The van der Waals surface area contributed by atoms with E-state index in [1.165, 1.54) is 4.90 Å². The molecule has 2 saturated heterocycles. The number of carboxylic acid groups (broad SMARTS) is 1. The Kier molecular flexibility index (Phi) is 3.41. The van der Waals surface area contributed by atoms with Crippen molar-refractivity contribution in [2.24, 2.45) is 5.41 Å². The van der Waals surface area contributed by atoms with Gasteiger partial charge in [0.05, 0.1) is 17.4 Å². The standard InChI is InChI=1S/C16H17BrN4O2/c17-11-1-2-13-12(7-11)14(8-18-19-13)21-9-16(10-21)3-5-20(6-4-16)15(22)23/h1-2,7-8H,3-6,9-10H2,(H,22,23). The first kappa shape index (κ1) is 14.7. The molecule has 0 aliphatic carbocycles. The highest BCUT2D eigenvalue weighted by molar-refractivity contribution is 9.10. The Morgan fingerprint density at radius 3 is 2.70 bits per heavy atom. The Bertz CT molecular complexity index is 766. The van der Waals surface area contributed by atoms with Crippen molar-refractivity contribution in [1.29, 1.82) is 0 Å². The van der Waals surface area contributed by atoms with Crippen molar-refractivity contribution in [3.8, 4) is 0 Å². The van der Waals surface area contributed by atoms with Crippen LogP contribution in [0.15, 0.2) is 28.9 Å². The van der Waals surface area contributed by atoms with E-state index in [9.17, 15) is 4.79 Å². The van der Waals surface area contributed by atoms with Crippen LogP contribution in [0.1, 0.15) is 12.8 Å². The molecule has 23 heavy (non-hydrogen) atoms. The van der Waals surface area contributed by atoms with E-state index in [0.29, 0.717) is 13.1 Å². The van der Waals surface area contributed by atoms with Crippen LogP contribution < -0.4 is 4.90 Å². The average molecular weight is 377 g/mol. The fourth-order valence-electron chi connectivity index (χ4n) is 3.69. The minimum absolute atomic E-state index is 0.257. The lowest BCUT2D eigenvalue weighted by atomic mass is 9.72. The van der Waals surface area contributed by atoms with Crippen LogP contribution in [0, 0.1) is 5.41 Å². The minimum atomic E-state index is -0.801. The summed E-state index contributed by atoms with van der Waals surface area (Å²) in [7, 11) is 0. The van der Waals surface area contributed by atoms with Gasteiger partial charge < -0.3 is 14.9 Å². The van der Waals surface area contributed by atoms with Gasteiger partial charge in [-0.15, -0.1) is 0 Å². The molecule has 0 atom stereocenters. The smallest absolute Gasteiger partial charge is 0.407 e. The maximum Gasteiger partial charge on any atom is 0.407 e. The summed E-state index contributed by atoms with van der Waals surface area (Å²) in [5.41, 5.74) is 2.27.